The Morgan fingerprint density at radius 3 is 2.58 bits per heavy atom. The lowest BCUT2D eigenvalue weighted by atomic mass is 10.1. The number of rotatable bonds is 6. The molecule has 1 heterocycles. The van der Waals surface area contributed by atoms with Crippen molar-refractivity contribution in [3.05, 3.63) is 28.2 Å². The summed E-state index contributed by atoms with van der Waals surface area (Å²) in [6.07, 6.45) is 1.42. The number of aryl methyl sites for hydroxylation is 1. The van der Waals surface area contributed by atoms with Crippen LogP contribution in [0, 0.1) is 0 Å². The quantitative estimate of drug-likeness (QED) is 0.659. The van der Waals surface area contributed by atoms with Gasteiger partial charge in [0.25, 0.3) is 0 Å². The van der Waals surface area contributed by atoms with Gasteiger partial charge in [-0.1, -0.05) is 6.07 Å². The van der Waals surface area contributed by atoms with Gasteiger partial charge in [-0.2, -0.15) is 0 Å². The lowest BCUT2D eigenvalue weighted by Gasteiger charge is -2.33. The lowest BCUT2D eigenvalue weighted by molar-refractivity contribution is -0.148. The van der Waals surface area contributed by atoms with Crippen LogP contribution in [0.15, 0.2) is 22.7 Å². The molecule has 0 N–H and O–H groups in total. The van der Waals surface area contributed by atoms with Crippen LogP contribution >= 0.6 is 15.9 Å². The zero-order chi connectivity index (χ0) is 17.9. The van der Waals surface area contributed by atoms with Crippen LogP contribution in [0.4, 0.5) is 0 Å². The molecule has 0 bridgehead atoms. The van der Waals surface area contributed by atoms with Gasteiger partial charge in [-0.3, -0.25) is 9.80 Å². The van der Waals surface area contributed by atoms with Gasteiger partial charge in [-0.15, -0.1) is 0 Å². The third-order valence-corrected chi connectivity index (χ3v) is 6.45. The van der Waals surface area contributed by atoms with Crippen molar-refractivity contribution in [3.8, 4) is 5.75 Å². The van der Waals surface area contributed by atoms with Gasteiger partial charge in [0.05, 0.1) is 29.1 Å². The van der Waals surface area contributed by atoms with Gasteiger partial charge in [0, 0.05) is 20.5 Å². The molecule has 1 amide bonds. The maximum Gasteiger partial charge on any atom is 0.237 e. The van der Waals surface area contributed by atoms with Crippen molar-refractivity contribution >= 4 is 31.7 Å². The Morgan fingerprint density at radius 1 is 1.38 bits per heavy atom. The zero-order valence-electron chi connectivity index (χ0n) is 14.2. The Bertz CT molecular complexity index is 706. The van der Waals surface area contributed by atoms with Crippen molar-refractivity contribution in [1.29, 1.82) is 0 Å². The van der Waals surface area contributed by atoms with Gasteiger partial charge in [-0.25, -0.2) is 13.4 Å². The minimum absolute atomic E-state index is 0.0466. The van der Waals surface area contributed by atoms with E-state index in [1.807, 2.05) is 18.2 Å². The first-order chi connectivity index (χ1) is 11.2. The van der Waals surface area contributed by atoms with E-state index in [2.05, 4.69) is 15.9 Å². The standard InChI is InChI=1S/C16H23BrN2O4S/c1-18(2)19(13-8-9-24(21,22)11-13)16(20)7-5-12-4-6-15(23-3)14(17)10-12/h4,6,10,13H,5,7-9,11H2,1-3H3. The summed E-state index contributed by atoms with van der Waals surface area (Å²) >= 11 is 3.44. The van der Waals surface area contributed by atoms with Crippen molar-refractivity contribution in [2.24, 2.45) is 0 Å². The smallest absolute Gasteiger partial charge is 0.237 e. The number of halogens is 1. The van der Waals surface area contributed by atoms with E-state index >= 15 is 0 Å². The molecule has 6 nitrogen and oxygen atoms in total. The van der Waals surface area contributed by atoms with E-state index in [-0.39, 0.29) is 23.5 Å². The molecule has 1 fully saturated rings. The van der Waals surface area contributed by atoms with Gasteiger partial charge in [0.2, 0.25) is 5.91 Å². The van der Waals surface area contributed by atoms with Gasteiger partial charge < -0.3 is 4.74 Å². The summed E-state index contributed by atoms with van der Waals surface area (Å²) in [6, 6.07) is 5.46. The number of hydrogen-bond donors (Lipinski definition) is 0. The van der Waals surface area contributed by atoms with Gasteiger partial charge in [0.15, 0.2) is 9.84 Å². The van der Waals surface area contributed by atoms with Gasteiger partial charge in [-0.05, 0) is 46.5 Å². The molecule has 1 saturated heterocycles. The first-order valence-corrected chi connectivity index (χ1v) is 10.4. The Balaban J connectivity index is 2.02. The van der Waals surface area contributed by atoms with Crippen molar-refractivity contribution in [3.63, 3.8) is 0 Å². The van der Waals surface area contributed by atoms with Crippen LogP contribution in [-0.2, 0) is 21.1 Å². The third-order valence-electron chi connectivity index (χ3n) is 4.08. The first-order valence-electron chi connectivity index (χ1n) is 7.75. The monoisotopic (exact) mass is 418 g/mol. The number of hydrogen-bond acceptors (Lipinski definition) is 5. The largest absolute Gasteiger partial charge is 0.496 e. The maximum absolute atomic E-state index is 12.6. The molecule has 24 heavy (non-hydrogen) atoms. The predicted molar refractivity (Wildman–Crippen MR) is 96.6 cm³/mol. The Kier molecular flexibility index (Phi) is 6.28. The molecular formula is C16H23BrN2O4S. The molecule has 0 spiro atoms. The zero-order valence-corrected chi connectivity index (χ0v) is 16.6. The van der Waals surface area contributed by atoms with Crippen LogP contribution in [0.1, 0.15) is 18.4 Å². The molecule has 1 aliphatic rings. The summed E-state index contributed by atoms with van der Waals surface area (Å²) in [7, 11) is 2.12. The summed E-state index contributed by atoms with van der Waals surface area (Å²) in [5.74, 6) is 0.885. The molecule has 1 aliphatic heterocycles. The second-order valence-corrected chi connectivity index (χ2v) is 9.19. The number of amides is 1. The second-order valence-electron chi connectivity index (χ2n) is 6.11. The minimum atomic E-state index is -3.03. The summed E-state index contributed by atoms with van der Waals surface area (Å²) < 4.78 is 29.4. The van der Waals surface area contributed by atoms with Crippen LogP contribution in [0.2, 0.25) is 0 Å². The molecule has 1 aromatic carbocycles. The van der Waals surface area contributed by atoms with Gasteiger partial charge in [0.1, 0.15) is 5.75 Å². The molecule has 0 saturated carbocycles. The molecule has 1 unspecified atom stereocenters. The molecule has 8 heteroatoms. The molecule has 134 valence electrons. The summed E-state index contributed by atoms with van der Waals surface area (Å²) in [6.45, 7) is 0. The molecule has 2 rings (SSSR count). The van der Waals surface area contributed by atoms with Crippen LogP contribution in [0.3, 0.4) is 0 Å². The summed E-state index contributed by atoms with van der Waals surface area (Å²) in [4.78, 5) is 12.6. The second kappa shape index (κ2) is 7.84. The normalized spacial score (nSPS) is 19.5. The molecule has 1 atom stereocenters. The number of hydrazine groups is 1. The van der Waals surface area contributed by atoms with E-state index in [0.717, 1.165) is 15.8 Å². The van der Waals surface area contributed by atoms with E-state index < -0.39 is 9.84 Å². The number of benzene rings is 1. The van der Waals surface area contributed by atoms with Crippen molar-refractivity contribution in [1.82, 2.24) is 10.0 Å². The van der Waals surface area contributed by atoms with Gasteiger partial charge >= 0.3 is 0 Å². The number of carbonyl (C=O) groups is 1. The summed E-state index contributed by atoms with van der Waals surface area (Å²) in [5.41, 5.74) is 1.02. The third kappa shape index (κ3) is 4.70. The van der Waals surface area contributed by atoms with Crippen LogP contribution < -0.4 is 4.74 Å². The Hall–Kier alpha value is -1.12. The SMILES string of the molecule is COc1ccc(CCC(=O)N(C2CCS(=O)(=O)C2)N(C)C)cc1Br. The predicted octanol–water partition coefficient (Wildman–Crippen LogP) is 1.88. The Morgan fingerprint density at radius 2 is 2.08 bits per heavy atom. The average molecular weight is 419 g/mol. The average Bonchev–Trinajstić information content (AvgIpc) is 2.84. The topological polar surface area (TPSA) is 66.9 Å². The Labute approximate surface area is 151 Å². The van der Waals surface area contributed by atoms with E-state index in [4.69, 9.17) is 4.74 Å². The van der Waals surface area contributed by atoms with Crippen molar-refractivity contribution < 1.29 is 17.9 Å². The van der Waals surface area contributed by atoms with E-state index in [9.17, 15) is 13.2 Å². The lowest BCUT2D eigenvalue weighted by Crippen LogP contribution is -2.49. The number of sulfone groups is 1. The minimum Gasteiger partial charge on any atom is -0.496 e. The molecule has 0 aliphatic carbocycles. The molecule has 0 radical (unpaired) electrons. The number of nitrogens with zero attached hydrogens (tertiary/aromatic N) is 2. The molecule has 1 aromatic rings. The number of ether oxygens (including phenoxy) is 1. The van der Waals surface area contributed by atoms with Crippen molar-refractivity contribution in [2.75, 3.05) is 32.7 Å². The highest BCUT2D eigenvalue weighted by Crippen LogP contribution is 2.26. The molecule has 0 aromatic heterocycles. The van der Waals surface area contributed by atoms with Crippen LogP contribution in [0.25, 0.3) is 0 Å². The maximum atomic E-state index is 12.6. The highest BCUT2D eigenvalue weighted by atomic mass is 79.9. The molecular weight excluding hydrogens is 396 g/mol. The first kappa shape index (κ1) is 19.2. The fraction of sp³-hybridized carbons (Fsp3) is 0.562. The fourth-order valence-electron chi connectivity index (χ4n) is 2.95. The number of methoxy groups -OCH3 is 1. The fourth-order valence-corrected chi connectivity index (χ4v) is 5.23. The highest BCUT2D eigenvalue weighted by molar-refractivity contribution is 9.10. The van der Waals surface area contributed by atoms with Crippen LogP contribution in [-0.4, -0.2) is 63.1 Å². The number of carbonyl (C=O) groups excluding carboxylic acids is 1. The highest BCUT2D eigenvalue weighted by Gasteiger charge is 2.35. The summed E-state index contributed by atoms with van der Waals surface area (Å²) in [5, 5.41) is 3.28. The van der Waals surface area contributed by atoms with E-state index in [1.165, 1.54) is 0 Å². The van der Waals surface area contributed by atoms with Crippen molar-refractivity contribution in [2.45, 2.75) is 25.3 Å². The van der Waals surface area contributed by atoms with E-state index in [1.54, 1.807) is 31.2 Å². The van der Waals surface area contributed by atoms with E-state index in [0.29, 0.717) is 19.3 Å². The van der Waals surface area contributed by atoms with Crippen LogP contribution in [0.5, 0.6) is 5.75 Å².